The molecular weight excluding hydrogens is 347 g/mol. The molecule has 1 aromatic carbocycles. The molecule has 1 saturated carbocycles. The lowest BCUT2D eigenvalue weighted by molar-refractivity contribution is -0.130. The van der Waals surface area contributed by atoms with Crippen LogP contribution in [-0.4, -0.2) is 49.6 Å². The van der Waals surface area contributed by atoms with E-state index >= 15 is 0 Å². The molecule has 1 spiro atoms. The number of nitrogens with one attached hydrogen (secondary N) is 1. The zero-order valence-electron chi connectivity index (χ0n) is 15.6. The molecule has 2 saturated heterocycles. The molecule has 2 aliphatic heterocycles. The first-order valence-corrected chi connectivity index (χ1v) is 9.93. The Labute approximate surface area is 159 Å². The van der Waals surface area contributed by atoms with Crippen molar-refractivity contribution in [2.45, 2.75) is 32.1 Å². The number of hydrogen-bond donors (Lipinski definition) is 1. The molecule has 2 amide bonds. The Morgan fingerprint density at radius 2 is 2.04 bits per heavy atom. The summed E-state index contributed by atoms with van der Waals surface area (Å²) in [6.07, 6.45) is 4.17. The number of benzene rings is 1. The van der Waals surface area contributed by atoms with E-state index in [0.29, 0.717) is 37.8 Å². The largest absolute Gasteiger partial charge is 0.381 e. The molecule has 2 heterocycles. The number of rotatable bonds is 5. The molecule has 1 aromatic rings. The van der Waals surface area contributed by atoms with E-state index < -0.39 is 0 Å². The molecule has 27 heavy (non-hydrogen) atoms. The van der Waals surface area contributed by atoms with Gasteiger partial charge in [-0.2, -0.15) is 0 Å². The van der Waals surface area contributed by atoms with Crippen molar-refractivity contribution in [2.75, 3.05) is 32.8 Å². The van der Waals surface area contributed by atoms with Gasteiger partial charge in [0.15, 0.2) is 0 Å². The van der Waals surface area contributed by atoms with E-state index in [4.69, 9.17) is 4.74 Å². The van der Waals surface area contributed by atoms with Gasteiger partial charge in [0.1, 0.15) is 5.82 Å². The number of halogens is 1. The van der Waals surface area contributed by atoms with Crippen molar-refractivity contribution in [2.24, 2.45) is 17.3 Å². The van der Waals surface area contributed by atoms with Gasteiger partial charge < -0.3 is 15.0 Å². The first-order valence-electron chi connectivity index (χ1n) is 9.93. The average molecular weight is 374 g/mol. The van der Waals surface area contributed by atoms with Gasteiger partial charge in [0, 0.05) is 38.3 Å². The van der Waals surface area contributed by atoms with Crippen LogP contribution in [0.1, 0.15) is 31.2 Å². The van der Waals surface area contributed by atoms with Crippen LogP contribution in [0.4, 0.5) is 4.39 Å². The van der Waals surface area contributed by atoms with Crippen molar-refractivity contribution < 1.29 is 18.7 Å². The highest BCUT2D eigenvalue weighted by atomic mass is 19.1. The van der Waals surface area contributed by atoms with Crippen LogP contribution in [-0.2, 0) is 20.7 Å². The molecule has 1 atom stereocenters. The zero-order valence-corrected chi connectivity index (χ0v) is 15.6. The second-order valence-electron chi connectivity index (χ2n) is 8.30. The Kier molecular flexibility index (Phi) is 5.17. The number of likely N-dealkylation sites (tertiary alicyclic amines) is 1. The van der Waals surface area contributed by atoms with Crippen molar-refractivity contribution in [1.29, 1.82) is 0 Å². The van der Waals surface area contributed by atoms with Gasteiger partial charge >= 0.3 is 0 Å². The van der Waals surface area contributed by atoms with Crippen molar-refractivity contribution in [1.82, 2.24) is 10.2 Å². The number of ether oxygens (including phenoxy) is 1. The van der Waals surface area contributed by atoms with E-state index in [9.17, 15) is 14.0 Å². The maximum Gasteiger partial charge on any atom is 0.227 e. The third kappa shape index (κ3) is 4.15. The molecule has 146 valence electrons. The highest BCUT2D eigenvalue weighted by Crippen LogP contribution is 2.44. The van der Waals surface area contributed by atoms with Crippen molar-refractivity contribution >= 4 is 11.8 Å². The molecule has 6 heteroatoms. The zero-order chi connectivity index (χ0) is 18.9. The van der Waals surface area contributed by atoms with E-state index in [1.54, 1.807) is 17.0 Å². The Morgan fingerprint density at radius 3 is 2.74 bits per heavy atom. The molecule has 3 aliphatic rings. The molecular formula is C21H27FN2O3. The van der Waals surface area contributed by atoms with Crippen molar-refractivity contribution in [3.63, 3.8) is 0 Å². The first kappa shape index (κ1) is 18.4. The van der Waals surface area contributed by atoms with E-state index in [1.807, 2.05) is 0 Å². The molecule has 4 rings (SSSR count). The van der Waals surface area contributed by atoms with E-state index in [1.165, 1.54) is 25.0 Å². The Bertz CT molecular complexity index is 713. The smallest absolute Gasteiger partial charge is 0.227 e. The minimum atomic E-state index is -0.333. The predicted octanol–water partition coefficient (Wildman–Crippen LogP) is 2.15. The van der Waals surface area contributed by atoms with Crippen LogP contribution in [0.2, 0.25) is 0 Å². The minimum absolute atomic E-state index is 0.0380. The Morgan fingerprint density at radius 1 is 1.26 bits per heavy atom. The van der Waals surface area contributed by atoms with Crippen LogP contribution in [0, 0.1) is 23.1 Å². The standard InChI is InChI=1S/C21H27FN2O3/c22-17-3-1-2-16(10-17)11-19(25)24-13-18(20(26)23-12-15-4-5-15)21(14-24)6-8-27-9-7-21/h1-3,10,15,18H,4-9,11-14H2,(H,23,26). The van der Waals surface area contributed by atoms with Gasteiger partial charge in [0.25, 0.3) is 0 Å². The van der Waals surface area contributed by atoms with E-state index in [2.05, 4.69) is 5.32 Å². The normalized spacial score (nSPS) is 24.2. The number of carbonyl (C=O) groups excluding carboxylic acids is 2. The quantitative estimate of drug-likeness (QED) is 0.859. The van der Waals surface area contributed by atoms with Crippen LogP contribution in [0.5, 0.6) is 0 Å². The topological polar surface area (TPSA) is 58.6 Å². The van der Waals surface area contributed by atoms with Gasteiger partial charge in [-0.25, -0.2) is 4.39 Å². The molecule has 0 aromatic heterocycles. The summed E-state index contributed by atoms with van der Waals surface area (Å²) in [5, 5.41) is 3.11. The summed E-state index contributed by atoms with van der Waals surface area (Å²) in [7, 11) is 0. The maximum atomic E-state index is 13.4. The van der Waals surface area contributed by atoms with Gasteiger partial charge in [0.05, 0.1) is 12.3 Å². The van der Waals surface area contributed by atoms with Gasteiger partial charge in [-0.1, -0.05) is 12.1 Å². The summed E-state index contributed by atoms with van der Waals surface area (Å²) in [6, 6.07) is 6.16. The van der Waals surface area contributed by atoms with Crippen LogP contribution < -0.4 is 5.32 Å². The molecule has 1 N–H and O–H groups in total. The molecule has 1 aliphatic carbocycles. The van der Waals surface area contributed by atoms with E-state index in [-0.39, 0.29) is 35.4 Å². The fourth-order valence-corrected chi connectivity index (χ4v) is 4.43. The molecule has 0 bridgehead atoms. The van der Waals surface area contributed by atoms with Crippen LogP contribution in [0.15, 0.2) is 24.3 Å². The van der Waals surface area contributed by atoms with Crippen LogP contribution in [0.3, 0.4) is 0 Å². The molecule has 1 unspecified atom stereocenters. The highest BCUT2D eigenvalue weighted by molar-refractivity contribution is 5.84. The third-order valence-corrected chi connectivity index (χ3v) is 6.31. The van der Waals surface area contributed by atoms with Crippen LogP contribution in [0.25, 0.3) is 0 Å². The summed E-state index contributed by atoms with van der Waals surface area (Å²) in [4.78, 5) is 27.5. The Hall–Kier alpha value is -1.95. The van der Waals surface area contributed by atoms with E-state index in [0.717, 1.165) is 19.4 Å². The monoisotopic (exact) mass is 374 g/mol. The third-order valence-electron chi connectivity index (χ3n) is 6.31. The lowest BCUT2D eigenvalue weighted by Crippen LogP contribution is -2.44. The van der Waals surface area contributed by atoms with Gasteiger partial charge in [0.2, 0.25) is 11.8 Å². The maximum absolute atomic E-state index is 13.4. The Balaban J connectivity index is 1.45. The molecule has 3 fully saturated rings. The van der Waals surface area contributed by atoms with Crippen molar-refractivity contribution in [3.05, 3.63) is 35.6 Å². The fraction of sp³-hybridized carbons (Fsp3) is 0.619. The average Bonchev–Trinajstić information content (AvgIpc) is 3.42. The lowest BCUT2D eigenvalue weighted by Gasteiger charge is -2.37. The SMILES string of the molecule is O=C(NCC1CC1)C1CN(C(=O)Cc2cccc(F)c2)CC12CCOCC2. The first-order chi connectivity index (χ1) is 13.1. The second-order valence-corrected chi connectivity index (χ2v) is 8.30. The number of carbonyl (C=O) groups is 2. The summed E-state index contributed by atoms with van der Waals surface area (Å²) in [5.74, 6) is 0.150. The molecule has 5 nitrogen and oxygen atoms in total. The summed E-state index contributed by atoms with van der Waals surface area (Å²) >= 11 is 0. The summed E-state index contributed by atoms with van der Waals surface area (Å²) in [6.45, 7) is 3.06. The summed E-state index contributed by atoms with van der Waals surface area (Å²) < 4.78 is 18.9. The van der Waals surface area contributed by atoms with Gasteiger partial charge in [-0.05, 0) is 49.3 Å². The fourth-order valence-electron chi connectivity index (χ4n) is 4.43. The second kappa shape index (κ2) is 7.58. The van der Waals surface area contributed by atoms with Gasteiger partial charge in [-0.15, -0.1) is 0 Å². The number of hydrogen-bond acceptors (Lipinski definition) is 3. The lowest BCUT2D eigenvalue weighted by atomic mass is 9.71. The van der Waals surface area contributed by atoms with Crippen molar-refractivity contribution in [3.8, 4) is 0 Å². The predicted molar refractivity (Wildman–Crippen MR) is 98.4 cm³/mol. The molecule has 0 radical (unpaired) electrons. The summed E-state index contributed by atoms with van der Waals surface area (Å²) in [5.41, 5.74) is 0.478. The minimum Gasteiger partial charge on any atom is -0.381 e. The van der Waals surface area contributed by atoms with Crippen LogP contribution >= 0.6 is 0 Å². The highest BCUT2D eigenvalue weighted by Gasteiger charge is 2.51. The van der Waals surface area contributed by atoms with Gasteiger partial charge in [-0.3, -0.25) is 9.59 Å². The number of nitrogens with zero attached hydrogens (tertiary/aromatic N) is 1. The number of amides is 2.